The lowest BCUT2D eigenvalue weighted by atomic mass is 10.1. The molecule has 0 unspecified atom stereocenters. The van der Waals surface area contributed by atoms with E-state index in [1.54, 1.807) is 30.3 Å². The molecule has 1 heterocycles. The minimum Gasteiger partial charge on any atom is -0.345 e. The molecule has 0 saturated carbocycles. The summed E-state index contributed by atoms with van der Waals surface area (Å²) in [6, 6.07) is 10.4. The van der Waals surface area contributed by atoms with Gasteiger partial charge >= 0.3 is 0 Å². The van der Waals surface area contributed by atoms with Crippen molar-refractivity contribution >= 4 is 56.8 Å². The number of carbonyl (C=O) groups is 2. The van der Waals surface area contributed by atoms with Crippen LogP contribution in [-0.2, 0) is 17.9 Å². The van der Waals surface area contributed by atoms with Crippen LogP contribution in [0.4, 0.5) is 5.69 Å². The summed E-state index contributed by atoms with van der Waals surface area (Å²) in [6.07, 6.45) is 1.71. The lowest BCUT2D eigenvalue weighted by molar-refractivity contribution is -0.113. The van der Waals surface area contributed by atoms with Crippen LogP contribution < -0.4 is 10.6 Å². The minimum atomic E-state index is -0.242. The van der Waals surface area contributed by atoms with E-state index in [9.17, 15) is 9.59 Å². The minimum absolute atomic E-state index is 0.143. The van der Waals surface area contributed by atoms with Crippen molar-refractivity contribution in [3.63, 3.8) is 0 Å². The zero-order valence-electron chi connectivity index (χ0n) is 18.2. The van der Waals surface area contributed by atoms with Crippen molar-refractivity contribution in [3.05, 3.63) is 81.1 Å². The Morgan fingerprint density at radius 1 is 1.15 bits per heavy atom. The Balaban J connectivity index is 1.62. The van der Waals surface area contributed by atoms with Gasteiger partial charge in [0.15, 0.2) is 11.0 Å². The lowest BCUT2D eigenvalue weighted by Gasteiger charge is -2.12. The van der Waals surface area contributed by atoms with Gasteiger partial charge in [-0.1, -0.05) is 45.4 Å². The third-order valence-corrected chi connectivity index (χ3v) is 7.02. The first-order valence-electron chi connectivity index (χ1n) is 10.0. The van der Waals surface area contributed by atoms with Gasteiger partial charge < -0.3 is 15.2 Å². The molecule has 7 nitrogen and oxygen atoms in total. The molecule has 2 aromatic carbocycles. The van der Waals surface area contributed by atoms with E-state index >= 15 is 0 Å². The van der Waals surface area contributed by atoms with Crippen LogP contribution in [0.1, 0.15) is 27.3 Å². The van der Waals surface area contributed by atoms with Gasteiger partial charge in [-0.2, -0.15) is 0 Å². The van der Waals surface area contributed by atoms with Crippen molar-refractivity contribution in [1.82, 2.24) is 20.1 Å². The number of halogens is 2. The Hall–Kier alpha value is -2.62. The van der Waals surface area contributed by atoms with E-state index in [-0.39, 0.29) is 24.1 Å². The highest BCUT2D eigenvalue weighted by Gasteiger charge is 2.16. The molecule has 3 aromatic rings. The van der Waals surface area contributed by atoms with E-state index < -0.39 is 0 Å². The molecule has 0 atom stereocenters. The molecule has 0 aliphatic rings. The van der Waals surface area contributed by atoms with E-state index in [1.807, 2.05) is 30.5 Å². The smallest absolute Gasteiger partial charge is 0.251 e. The summed E-state index contributed by atoms with van der Waals surface area (Å²) in [4.78, 5) is 24.9. The standard InChI is InChI=1S/C23H23BrClN5O2S/c1-4-11-30-20(12-26-22(32)16-5-7-17(25)8-6-16)28-29-23(30)33-13-21(31)27-19-10-9-18(24)14(2)15(19)3/h4-10H,1,11-13H2,2-3H3,(H,26,32)(H,27,31). The fourth-order valence-corrected chi connectivity index (χ4v) is 4.29. The van der Waals surface area contributed by atoms with Crippen LogP contribution in [0, 0.1) is 13.8 Å². The number of benzene rings is 2. The fraction of sp³-hybridized carbons (Fsp3) is 0.217. The van der Waals surface area contributed by atoms with Crippen molar-refractivity contribution < 1.29 is 9.59 Å². The van der Waals surface area contributed by atoms with E-state index in [2.05, 4.69) is 43.3 Å². The van der Waals surface area contributed by atoms with Crippen LogP contribution in [0.5, 0.6) is 0 Å². The van der Waals surface area contributed by atoms with Crippen molar-refractivity contribution in [2.45, 2.75) is 32.1 Å². The van der Waals surface area contributed by atoms with Gasteiger partial charge in [0.25, 0.3) is 5.91 Å². The van der Waals surface area contributed by atoms with Gasteiger partial charge in [0.05, 0.1) is 12.3 Å². The van der Waals surface area contributed by atoms with E-state index in [0.29, 0.717) is 28.1 Å². The predicted octanol–water partition coefficient (Wildman–Crippen LogP) is 5.16. The number of hydrogen-bond acceptors (Lipinski definition) is 5. The Bertz CT molecular complexity index is 1180. The molecule has 0 bridgehead atoms. The average Bonchev–Trinajstić information content (AvgIpc) is 3.18. The van der Waals surface area contributed by atoms with Gasteiger partial charge in [0, 0.05) is 27.3 Å². The highest BCUT2D eigenvalue weighted by Crippen LogP contribution is 2.26. The quantitative estimate of drug-likeness (QED) is 0.285. The molecular formula is C23H23BrClN5O2S. The Labute approximate surface area is 210 Å². The largest absolute Gasteiger partial charge is 0.345 e. The number of aromatic nitrogens is 3. The van der Waals surface area contributed by atoms with Crippen molar-refractivity contribution in [3.8, 4) is 0 Å². The topological polar surface area (TPSA) is 88.9 Å². The molecule has 2 N–H and O–H groups in total. The second kappa shape index (κ2) is 11.5. The fourth-order valence-electron chi connectivity index (χ4n) is 2.97. The van der Waals surface area contributed by atoms with Crippen LogP contribution >= 0.6 is 39.3 Å². The maximum Gasteiger partial charge on any atom is 0.251 e. The highest BCUT2D eigenvalue weighted by molar-refractivity contribution is 9.10. The second-order valence-electron chi connectivity index (χ2n) is 7.17. The van der Waals surface area contributed by atoms with Crippen LogP contribution in [0.15, 0.2) is 58.7 Å². The molecule has 0 radical (unpaired) electrons. The molecular weight excluding hydrogens is 526 g/mol. The van der Waals surface area contributed by atoms with Crippen LogP contribution in [0.3, 0.4) is 0 Å². The summed E-state index contributed by atoms with van der Waals surface area (Å²) < 4.78 is 2.82. The van der Waals surface area contributed by atoms with Gasteiger partial charge in [-0.3, -0.25) is 9.59 Å². The number of allylic oxidation sites excluding steroid dienone is 1. The number of nitrogens with zero attached hydrogens (tertiary/aromatic N) is 3. The van der Waals surface area contributed by atoms with E-state index in [0.717, 1.165) is 21.3 Å². The maximum absolute atomic E-state index is 12.5. The molecule has 0 spiro atoms. The summed E-state index contributed by atoms with van der Waals surface area (Å²) in [6.45, 7) is 8.38. The summed E-state index contributed by atoms with van der Waals surface area (Å²) in [5, 5.41) is 15.3. The van der Waals surface area contributed by atoms with Crippen LogP contribution in [0.25, 0.3) is 0 Å². The van der Waals surface area contributed by atoms with Gasteiger partial charge in [0.2, 0.25) is 5.91 Å². The predicted molar refractivity (Wildman–Crippen MR) is 136 cm³/mol. The van der Waals surface area contributed by atoms with Crippen molar-refractivity contribution in [1.29, 1.82) is 0 Å². The zero-order chi connectivity index (χ0) is 24.0. The first kappa shape index (κ1) is 25.0. The highest BCUT2D eigenvalue weighted by atomic mass is 79.9. The third kappa shape index (κ3) is 6.46. The molecule has 1 aromatic heterocycles. The first-order valence-corrected chi connectivity index (χ1v) is 12.2. The number of anilines is 1. The van der Waals surface area contributed by atoms with E-state index in [1.165, 1.54) is 11.8 Å². The molecule has 0 aliphatic carbocycles. The van der Waals surface area contributed by atoms with Gasteiger partial charge in [-0.05, 0) is 61.4 Å². The molecule has 33 heavy (non-hydrogen) atoms. The van der Waals surface area contributed by atoms with Crippen molar-refractivity contribution in [2.75, 3.05) is 11.1 Å². The molecule has 0 aliphatic heterocycles. The Kier molecular flexibility index (Phi) is 8.71. The molecule has 172 valence electrons. The average molecular weight is 549 g/mol. The number of thioether (sulfide) groups is 1. The number of carbonyl (C=O) groups excluding carboxylic acids is 2. The summed E-state index contributed by atoms with van der Waals surface area (Å²) in [5.74, 6) is 0.352. The van der Waals surface area contributed by atoms with Crippen LogP contribution in [0.2, 0.25) is 5.02 Å². The number of nitrogens with one attached hydrogen (secondary N) is 2. The summed E-state index contributed by atoms with van der Waals surface area (Å²) in [7, 11) is 0. The Morgan fingerprint density at radius 3 is 2.58 bits per heavy atom. The molecule has 3 rings (SSSR count). The Morgan fingerprint density at radius 2 is 1.88 bits per heavy atom. The summed E-state index contributed by atoms with van der Waals surface area (Å²) >= 11 is 10.6. The SMILES string of the molecule is C=CCn1c(CNC(=O)c2ccc(Cl)cc2)nnc1SCC(=O)Nc1ccc(Br)c(C)c1C. The summed E-state index contributed by atoms with van der Waals surface area (Å²) in [5.41, 5.74) is 3.37. The number of hydrogen-bond donors (Lipinski definition) is 2. The molecule has 0 saturated heterocycles. The van der Waals surface area contributed by atoms with Crippen molar-refractivity contribution in [2.24, 2.45) is 0 Å². The monoisotopic (exact) mass is 547 g/mol. The number of amides is 2. The molecule has 10 heteroatoms. The maximum atomic E-state index is 12.5. The van der Waals surface area contributed by atoms with E-state index in [4.69, 9.17) is 11.6 Å². The molecule has 2 amide bonds. The van der Waals surface area contributed by atoms with Crippen LogP contribution in [-0.4, -0.2) is 32.3 Å². The number of rotatable bonds is 9. The normalized spacial score (nSPS) is 10.7. The van der Waals surface area contributed by atoms with Gasteiger partial charge in [0.1, 0.15) is 0 Å². The first-order chi connectivity index (χ1) is 15.8. The van der Waals surface area contributed by atoms with Gasteiger partial charge in [-0.15, -0.1) is 16.8 Å². The third-order valence-electron chi connectivity index (χ3n) is 4.95. The van der Waals surface area contributed by atoms with Gasteiger partial charge in [-0.25, -0.2) is 0 Å². The molecule has 0 fully saturated rings. The lowest BCUT2D eigenvalue weighted by Crippen LogP contribution is -2.24. The zero-order valence-corrected chi connectivity index (χ0v) is 21.4. The second-order valence-corrected chi connectivity index (χ2v) is 9.40.